The largest absolute Gasteiger partial charge is 0.393 e. The number of hydrogen-bond donors (Lipinski definition) is 1. The Bertz CT molecular complexity index is 199. The minimum absolute atomic E-state index is 0.0853. The lowest BCUT2D eigenvalue weighted by atomic mass is 9.84. The van der Waals surface area contributed by atoms with Crippen LogP contribution in [0.5, 0.6) is 0 Å². The van der Waals surface area contributed by atoms with E-state index < -0.39 is 8.07 Å². The highest BCUT2D eigenvalue weighted by Crippen LogP contribution is 2.27. The molecule has 0 radical (unpaired) electrons. The molecule has 0 aromatic rings. The van der Waals surface area contributed by atoms with Crippen LogP contribution in [0.25, 0.3) is 0 Å². The molecule has 0 unspecified atom stereocenters. The minimum Gasteiger partial charge on any atom is -0.393 e. The van der Waals surface area contributed by atoms with Gasteiger partial charge in [0.25, 0.3) is 0 Å². The van der Waals surface area contributed by atoms with Gasteiger partial charge in [-0.25, -0.2) is 0 Å². The first-order chi connectivity index (χ1) is 6.99. The Morgan fingerprint density at radius 3 is 2.33 bits per heavy atom. The van der Waals surface area contributed by atoms with E-state index in [1.54, 1.807) is 0 Å². The fraction of sp³-hybridized carbons (Fsp3) is 0.846. The molecule has 88 valence electrons. The van der Waals surface area contributed by atoms with E-state index in [0.29, 0.717) is 5.92 Å². The van der Waals surface area contributed by atoms with Gasteiger partial charge in [-0.1, -0.05) is 50.7 Å². The van der Waals surface area contributed by atoms with Gasteiger partial charge in [-0.3, -0.25) is 0 Å². The summed E-state index contributed by atoms with van der Waals surface area (Å²) in [6, 6.07) is 0. The van der Waals surface area contributed by atoms with Crippen molar-refractivity contribution < 1.29 is 5.11 Å². The molecule has 0 saturated heterocycles. The third-order valence-electron chi connectivity index (χ3n) is 3.19. The fourth-order valence-electron chi connectivity index (χ4n) is 2.27. The first-order valence-corrected chi connectivity index (χ1v) is 9.92. The molecule has 0 heterocycles. The highest BCUT2D eigenvalue weighted by atomic mass is 28.3. The second-order valence-corrected chi connectivity index (χ2v) is 11.0. The van der Waals surface area contributed by atoms with Crippen molar-refractivity contribution in [2.45, 2.75) is 64.3 Å². The maximum Gasteiger partial charge on any atom is 0.0682 e. The summed E-state index contributed by atoms with van der Waals surface area (Å²) in [6.45, 7) is 6.99. The van der Waals surface area contributed by atoms with E-state index in [-0.39, 0.29) is 6.10 Å². The Balaban J connectivity index is 2.28. The normalized spacial score (nSPS) is 22.1. The zero-order valence-corrected chi connectivity index (χ0v) is 11.5. The first kappa shape index (κ1) is 13.0. The van der Waals surface area contributed by atoms with Gasteiger partial charge in [-0.2, -0.15) is 0 Å². The summed E-state index contributed by atoms with van der Waals surface area (Å²) in [5, 5.41) is 10.0. The number of aliphatic hydroxyl groups is 1. The fourth-order valence-corrected chi connectivity index (χ4v) is 3.12. The molecule has 1 atom stereocenters. The van der Waals surface area contributed by atoms with Crippen molar-refractivity contribution in [3.8, 4) is 0 Å². The summed E-state index contributed by atoms with van der Waals surface area (Å²) in [7, 11) is -1.07. The average Bonchev–Trinajstić information content (AvgIpc) is 2.17. The zero-order chi connectivity index (χ0) is 11.3. The maximum atomic E-state index is 10.0. The van der Waals surface area contributed by atoms with Crippen LogP contribution in [0.1, 0.15) is 38.5 Å². The first-order valence-electron chi connectivity index (χ1n) is 6.35. The van der Waals surface area contributed by atoms with E-state index >= 15 is 0 Å². The number of aliphatic hydroxyl groups excluding tert-OH is 1. The molecule has 2 heteroatoms. The molecule has 0 aromatic carbocycles. The zero-order valence-electron chi connectivity index (χ0n) is 10.5. The van der Waals surface area contributed by atoms with Gasteiger partial charge >= 0.3 is 0 Å². The van der Waals surface area contributed by atoms with Gasteiger partial charge in [0, 0.05) is 0 Å². The molecule has 0 bridgehead atoms. The highest BCUT2D eigenvalue weighted by molar-refractivity contribution is 6.80. The van der Waals surface area contributed by atoms with Gasteiger partial charge in [0.2, 0.25) is 0 Å². The predicted octanol–water partition coefficient (Wildman–Crippen LogP) is 3.75. The van der Waals surface area contributed by atoms with E-state index in [9.17, 15) is 5.11 Å². The van der Waals surface area contributed by atoms with Crippen molar-refractivity contribution in [1.29, 1.82) is 0 Å². The van der Waals surface area contributed by atoms with Crippen LogP contribution in [-0.4, -0.2) is 19.3 Å². The molecular weight excluding hydrogens is 200 g/mol. The van der Waals surface area contributed by atoms with E-state index in [4.69, 9.17) is 0 Å². The lowest BCUT2D eigenvalue weighted by molar-refractivity contribution is 0.0874. The second kappa shape index (κ2) is 5.85. The second-order valence-electron chi connectivity index (χ2n) is 5.97. The molecule has 1 N–H and O–H groups in total. The topological polar surface area (TPSA) is 20.2 Å². The SMILES string of the molecule is C[Si](C)(C)/C=C\C[C@@H](O)C1CCCCC1. The third-order valence-corrected chi connectivity index (χ3v) is 4.43. The van der Waals surface area contributed by atoms with Gasteiger partial charge < -0.3 is 5.11 Å². The van der Waals surface area contributed by atoms with Crippen molar-refractivity contribution in [3.63, 3.8) is 0 Å². The van der Waals surface area contributed by atoms with E-state index in [2.05, 4.69) is 31.4 Å². The van der Waals surface area contributed by atoms with Crippen molar-refractivity contribution in [2.24, 2.45) is 5.92 Å². The number of hydrogen-bond acceptors (Lipinski definition) is 1. The Kier molecular flexibility index (Phi) is 5.07. The molecule has 1 aliphatic carbocycles. The molecule has 0 amide bonds. The van der Waals surface area contributed by atoms with E-state index in [1.165, 1.54) is 32.1 Å². The molecule has 1 aliphatic rings. The molecule has 0 aromatic heterocycles. The Morgan fingerprint density at radius 2 is 1.80 bits per heavy atom. The smallest absolute Gasteiger partial charge is 0.0682 e. The van der Waals surface area contributed by atoms with Crippen LogP contribution >= 0.6 is 0 Å². The Labute approximate surface area is 95.6 Å². The van der Waals surface area contributed by atoms with Crippen molar-refractivity contribution in [1.82, 2.24) is 0 Å². The van der Waals surface area contributed by atoms with Crippen molar-refractivity contribution >= 4 is 8.07 Å². The summed E-state index contributed by atoms with van der Waals surface area (Å²) in [5.74, 6) is 0.574. The Hall–Kier alpha value is -0.0831. The van der Waals surface area contributed by atoms with E-state index in [0.717, 1.165) is 6.42 Å². The van der Waals surface area contributed by atoms with Crippen LogP contribution in [0.15, 0.2) is 11.8 Å². The van der Waals surface area contributed by atoms with Crippen LogP contribution in [0.4, 0.5) is 0 Å². The standard InChI is InChI=1S/C13H26OSi/c1-15(2,3)11-7-10-13(14)12-8-5-4-6-9-12/h7,11-14H,4-6,8-10H2,1-3H3/b11-7-/t13-/m1/s1. The molecule has 1 saturated carbocycles. The average molecular weight is 226 g/mol. The Morgan fingerprint density at radius 1 is 1.20 bits per heavy atom. The van der Waals surface area contributed by atoms with Gasteiger partial charge in [0.15, 0.2) is 0 Å². The van der Waals surface area contributed by atoms with Crippen LogP contribution < -0.4 is 0 Å². The van der Waals surface area contributed by atoms with Crippen LogP contribution in [-0.2, 0) is 0 Å². The third kappa shape index (κ3) is 5.52. The summed E-state index contributed by atoms with van der Waals surface area (Å²) in [6.07, 6.45) is 9.48. The molecule has 1 nitrogen and oxygen atoms in total. The molecule has 1 fully saturated rings. The lowest BCUT2D eigenvalue weighted by Gasteiger charge is -2.25. The minimum atomic E-state index is -1.07. The van der Waals surface area contributed by atoms with Gasteiger partial charge in [-0.15, -0.1) is 0 Å². The highest BCUT2D eigenvalue weighted by Gasteiger charge is 2.20. The van der Waals surface area contributed by atoms with Gasteiger partial charge in [0.05, 0.1) is 14.2 Å². The van der Waals surface area contributed by atoms with Gasteiger partial charge in [-0.05, 0) is 25.2 Å². The van der Waals surface area contributed by atoms with Gasteiger partial charge in [0.1, 0.15) is 0 Å². The van der Waals surface area contributed by atoms with E-state index in [1.807, 2.05) is 0 Å². The summed E-state index contributed by atoms with van der Waals surface area (Å²) in [5.41, 5.74) is 2.35. The molecule has 0 aliphatic heterocycles. The van der Waals surface area contributed by atoms with Crippen molar-refractivity contribution in [2.75, 3.05) is 0 Å². The van der Waals surface area contributed by atoms with Crippen molar-refractivity contribution in [3.05, 3.63) is 11.8 Å². The molecule has 15 heavy (non-hydrogen) atoms. The van der Waals surface area contributed by atoms with Crippen LogP contribution in [0, 0.1) is 5.92 Å². The summed E-state index contributed by atoms with van der Waals surface area (Å²) >= 11 is 0. The maximum absolute atomic E-state index is 10.0. The predicted molar refractivity (Wildman–Crippen MR) is 69.7 cm³/mol. The number of rotatable bonds is 4. The molecular formula is C13H26OSi. The van der Waals surface area contributed by atoms with Crippen LogP contribution in [0.2, 0.25) is 19.6 Å². The quantitative estimate of drug-likeness (QED) is 0.724. The monoisotopic (exact) mass is 226 g/mol. The summed E-state index contributed by atoms with van der Waals surface area (Å²) in [4.78, 5) is 0. The lowest BCUT2D eigenvalue weighted by Crippen LogP contribution is -2.22. The van der Waals surface area contributed by atoms with Crippen LogP contribution in [0.3, 0.4) is 0 Å². The summed E-state index contributed by atoms with van der Waals surface area (Å²) < 4.78 is 0. The molecule has 0 spiro atoms. The molecule has 1 rings (SSSR count).